The van der Waals surface area contributed by atoms with Crippen molar-refractivity contribution in [3.63, 3.8) is 0 Å². The van der Waals surface area contributed by atoms with Crippen LogP contribution in [-0.4, -0.2) is 47.6 Å². The largest absolute Gasteiger partial charge is 0.298 e. The van der Waals surface area contributed by atoms with E-state index in [0.717, 1.165) is 6.04 Å². The third kappa shape index (κ3) is 1.82. The maximum Gasteiger partial charge on any atom is 0.0224 e. The average molecular weight is 196 g/mol. The lowest BCUT2D eigenvalue weighted by atomic mass is 9.97. The zero-order chi connectivity index (χ0) is 10.2. The van der Waals surface area contributed by atoms with Crippen LogP contribution in [0.3, 0.4) is 0 Å². The van der Waals surface area contributed by atoms with Gasteiger partial charge in [-0.3, -0.25) is 9.80 Å². The summed E-state index contributed by atoms with van der Waals surface area (Å²) in [5, 5.41) is 0. The summed E-state index contributed by atoms with van der Waals surface area (Å²) in [5.74, 6) is 0. The van der Waals surface area contributed by atoms with Gasteiger partial charge in [-0.1, -0.05) is 6.92 Å². The van der Waals surface area contributed by atoms with Gasteiger partial charge in [-0.05, 0) is 39.7 Å². The fourth-order valence-corrected chi connectivity index (χ4v) is 2.76. The van der Waals surface area contributed by atoms with Crippen LogP contribution in [0.4, 0.5) is 0 Å². The van der Waals surface area contributed by atoms with Gasteiger partial charge in [-0.25, -0.2) is 0 Å². The molecule has 0 saturated carbocycles. The highest BCUT2D eigenvalue weighted by Gasteiger charge is 2.35. The fourth-order valence-electron chi connectivity index (χ4n) is 2.76. The van der Waals surface area contributed by atoms with Crippen LogP contribution >= 0.6 is 0 Å². The molecule has 2 heteroatoms. The first kappa shape index (κ1) is 10.4. The molecule has 0 aliphatic carbocycles. The Balaban J connectivity index is 1.97. The van der Waals surface area contributed by atoms with E-state index in [1.807, 2.05) is 0 Å². The Bertz CT molecular complexity index is 200. The van der Waals surface area contributed by atoms with Crippen molar-refractivity contribution in [2.45, 2.75) is 51.6 Å². The number of nitrogens with zero attached hydrogens (tertiary/aromatic N) is 2. The molecule has 0 N–H and O–H groups in total. The Morgan fingerprint density at radius 1 is 1.21 bits per heavy atom. The summed E-state index contributed by atoms with van der Waals surface area (Å²) in [5.41, 5.74) is 0.411. The minimum atomic E-state index is 0.411. The first-order valence-corrected chi connectivity index (χ1v) is 6.12. The highest BCUT2D eigenvalue weighted by atomic mass is 15.3. The monoisotopic (exact) mass is 196 g/mol. The maximum absolute atomic E-state index is 2.69. The van der Waals surface area contributed by atoms with Crippen molar-refractivity contribution in [1.82, 2.24) is 9.80 Å². The van der Waals surface area contributed by atoms with Gasteiger partial charge >= 0.3 is 0 Å². The second-order valence-electron chi connectivity index (χ2n) is 5.44. The van der Waals surface area contributed by atoms with Crippen LogP contribution in [0.2, 0.25) is 0 Å². The van der Waals surface area contributed by atoms with Gasteiger partial charge in [0, 0.05) is 31.2 Å². The van der Waals surface area contributed by atoms with Crippen LogP contribution in [0.25, 0.3) is 0 Å². The molecule has 0 bridgehead atoms. The molecule has 1 unspecified atom stereocenters. The summed E-state index contributed by atoms with van der Waals surface area (Å²) in [6, 6.07) is 0.870. The first-order chi connectivity index (χ1) is 6.63. The molecule has 0 aromatic rings. The summed E-state index contributed by atoms with van der Waals surface area (Å²) < 4.78 is 0. The predicted molar refractivity (Wildman–Crippen MR) is 60.5 cm³/mol. The third-order valence-corrected chi connectivity index (χ3v) is 4.31. The topological polar surface area (TPSA) is 6.48 Å². The van der Waals surface area contributed by atoms with Crippen molar-refractivity contribution in [1.29, 1.82) is 0 Å². The molecule has 2 aliphatic rings. The normalized spacial score (nSPS) is 30.6. The van der Waals surface area contributed by atoms with Gasteiger partial charge in [0.25, 0.3) is 0 Å². The Hall–Kier alpha value is -0.0800. The molecule has 82 valence electrons. The summed E-state index contributed by atoms with van der Waals surface area (Å²) in [4.78, 5) is 5.38. The molecule has 0 aromatic heterocycles. The fraction of sp³-hybridized carbons (Fsp3) is 1.00. The Kier molecular flexibility index (Phi) is 2.85. The van der Waals surface area contributed by atoms with E-state index in [0.29, 0.717) is 5.54 Å². The Morgan fingerprint density at radius 2 is 2.00 bits per heavy atom. The lowest BCUT2D eigenvalue weighted by molar-refractivity contribution is 0.0304. The standard InChI is InChI=1S/C12H24N2/c1-4-12(2,3)14-9-8-13-7-5-6-11(13)10-14/h11H,4-10H2,1-3H3. The van der Waals surface area contributed by atoms with Crippen LogP contribution in [0.1, 0.15) is 40.0 Å². The Morgan fingerprint density at radius 3 is 2.71 bits per heavy atom. The van der Waals surface area contributed by atoms with Crippen molar-refractivity contribution in [3.8, 4) is 0 Å². The molecule has 2 rings (SSSR count). The molecule has 1 atom stereocenters. The number of rotatable bonds is 2. The van der Waals surface area contributed by atoms with E-state index in [4.69, 9.17) is 0 Å². The summed E-state index contributed by atoms with van der Waals surface area (Å²) in [7, 11) is 0. The number of piperazine rings is 1. The SMILES string of the molecule is CCC(C)(C)N1CCN2CCCC2C1. The van der Waals surface area contributed by atoms with E-state index in [1.165, 1.54) is 45.4 Å². The van der Waals surface area contributed by atoms with Crippen LogP contribution in [0, 0.1) is 0 Å². The van der Waals surface area contributed by atoms with E-state index >= 15 is 0 Å². The average Bonchev–Trinajstić information content (AvgIpc) is 2.64. The van der Waals surface area contributed by atoms with E-state index < -0.39 is 0 Å². The smallest absolute Gasteiger partial charge is 0.0224 e. The zero-order valence-electron chi connectivity index (χ0n) is 9.92. The summed E-state index contributed by atoms with van der Waals surface area (Å²) in [6.07, 6.45) is 4.11. The number of hydrogen-bond donors (Lipinski definition) is 0. The molecule has 2 nitrogen and oxygen atoms in total. The summed E-state index contributed by atoms with van der Waals surface area (Å²) >= 11 is 0. The third-order valence-electron chi connectivity index (χ3n) is 4.31. The zero-order valence-corrected chi connectivity index (χ0v) is 9.92. The molecule has 2 heterocycles. The van der Waals surface area contributed by atoms with Crippen molar-refractivity contribution >= 4 is 0 Å². The van der Waals surface area contributed by atoms with Crippen molar-refractivity contribution in [3.05, 3.63) is 0 Å². The highest BCUT2D eigenvalue weighted by Crippen LogP contribution is 2.27. The van der Waals surface area contributed by atoms with Gasteiger partial charge in [0.2, 0.25) is 0 Å². The van der Waals surface area contributed by atoms with Gasteiger partial charge in [0.05, 0.1) is 0 Å². The minimum Gasteiger partial charge on any atom is -0.298 e. The van der Waals surface area contributed by atoms with Gasteiger partial charge < -0.3 is 0 Å². The van der Waals surface area contributed by atoms with Gasteiger partial charge in [-0.2, -0.15) is 0 Å². The molecule has 0 aromatic carbocycles. The highest BCUT2D eigenvalue weighted by molar-refractivity contribution is 4.92. The lowest BCUT2D eigenvalue weighted by Crippen LogP contribution is -2.56. The maximum atomic E-state index is 2.69. The van der Waals surface area contributed by atoms with Crippen molar-refractivity contribution in [2.24, 2.45) is 0 Å². The van der Waals surface area contributed by atoms with Crippen LogP contribution in [-0.2, 0) is 0 Å². The van der Waals surface area contributed by atoms with E-state index in [1.54, 1.807) is 0 Å². The molecule has 2 aliphatic heterocycles. The van der Waals surface area contributed by atoms with E-state index in [2.05, 4.69) is 30.6 Å². The molecular weight excluding hydrogens is 172 g/mol. The molecule has 0 amide bonds. The lowest BCUT2D eigenvalue weighted by Gasteiger charge is -2.45. The predicted octanol–water partition coefficient (Wildman–Crippen LogP) is 1.96. The second-order valence-corrected chi connectivity index (χ2v) is 5.44. The van der Waals surface area contributed by atoms with Crippen LogP contribution in [0.15, 0.2) is 0 Å². The number of fused-ring (bicyclic) bond motifs is 1. The molecular formula is C12H24N2. The first-order valence-electron chi connectivity index (χ1n) is 6.12. The Labute approximate surface area is 88.3 Å². The van der Waals surface area contributed by atoms with Gasteiger partial charge in [0.1, 0.15) is 0 Å². The molecule has 0 spiro atoms. The van der Waals surface area contributed by atoms with Crippen LogP contribution < -0.4 is 0 Å². The van der Waals surface area contributed by atoms with E-state index in [9.17, 15) is 0 Å². The molecule has 2 fully saturated rings. The molecule has 0 radical (unpaired) electrons. The summed E-state index contributed by atoms with van der Waals surface area (Å²) in [6.45, 7) is 12.3. The second kappa shape index (κ2) is 3.82. The van der Waals surface area contributed by atoms with Crippen molar-refractivity contribution < 1.29 is 0 Å². The van der Waals surface area contributed by atoms with Crippen LogP contribution in [0.5, 0.6) is 0 Å². The molecule has 14 heavy (non-hydrogen) atoms. The minimum absolute atomic E-state index is 0.411. The van der Waals surface area contributed by atoms with Gasteiger partial charge in [0.15, 0.2) is 0 Å². The van der Waals surface area contributed by atoms with Gasteiger partial charge in [-0.15, -0.1) is 0 Å². The number of hydrogen-bond acceptors (Lipinski definition) is 2. The van der Waals surface area contributed by atoms with Crippen molar-refractivity contribution in [2.75, 3.05) is 26.2 Å². The molecule has 2 saturated heterocycles. The van der Waals surface area contributed by atoms with E-state index in [-0.39, 0.29) is 0 Å². The quantitative estimate of drug-likeness (QED) is 0.666.